The standard InChI is InChI=1S/C11H17ClN2O/c12-9-10(15-14-11(9)13)8-6-4-2-1-3-5-7-8/h8H,1-7H2,(H2,13,14). The van der Waals surface area contributed by atoms with Gasteiger partial charge in [-0.3, -0.25) is 0 Å². The molecule has 1 heterocycles. The molecular weight excluding hydrogens is 212 g/mol. The lowest BCUT2D eigenvalue weighted by Crippen LogP contribution is -2.01. The van der Waals surface area contributed by atoms with Crippen LogP contribution in [0.15, 0.2) is 4.52 Å². The fourth-order valence-electron chi connectivity index (χ4n) is 2.28. The van der Waals surface area contributed by atoms with Crippen molar-refractivity contribution in [3.05, 3.63) is 10.8 Å². The van der Waals surface area contributed by atoms with Gasteiger partial charge in [0.15, 0.2) is 11.6 Å². The first-order valence-corrected chi connectivity index (χ1v) is 6.07. The van der Waals surface area contributed by atoms with E-state index in [9.17, 15) is 0 Å². The lowest BCUT2D eigenvalue weighted by atomic mass is 9.89. The quantitative estimate of drug-likeness (QED) is 0.797. The van der Waals surface area contributed by atoms with E-state index in [1.54, 1.807) is 0 Å². The zero-order valence-corrected chi connectivity index (χ0v) is 9.59. The largest absolute Gasteiger partial charge is 0.380 e. The Bertz CT molecular complexity index is 316. The summed E-state index contributed by atoms with van der Waals surface area (Å²) in [5, 5.41) is 4.24. The SMILES string of the molecule is Nc1noc(C2CCCCCCC2)c1Cl. The van der Waals surface area contributed by atoms with Crippen LogP contribution in [0, 0.1) is 0 Å². The molecule has 3 nitrogen and oxygen atoms in total. The third kappa shape index (κ3) is 2.46. The van der Waals surface area contributed by atoms with Gasteiger partial charge in [-0.2, -0.15) is 0 Å². The molecule has 0 spiro atoms. The maximum Gasteiger partial charge on any atom is 0.186 e. The zero-order chi connectivity index (χ0) is 10.7. The van der Waals surface area contributed by atoms with Gasteiger partial charge in [-0.25, -0.2) is 0 Å². The Morgan fingerprint density at radius 2 is 1.73 bits per heavy atom. The van der Waals surface area contributed by atoms with E-state index in [1.807, 2.05) is 0 Å². The van der Waals surface area contributed by atoms with Crippen molar-refractivity contribution in [3.8, 4) is 0 Å². The molecule has 2 N–H and O–H groups in total. The minimum absolute atomic E-state index is 0.328. The van der Waals surface area contributed by atoms with Gasteiger partial charge in [0.05, 0.1) is 0 Å². The van der Waals surface area contributed by atoms with E-state index in [2.05, 4.69) is 5.16 Å². The summed E-state index contributed by atoms with van der Waals surface area (Å²) in [5.74, 6) is 1.55. The van der Waals surface area contributed by atoms with Crippen LogP contribution in [0.2, 0.25) is 5.02 Å². The fourth-order valence-corrected chi connectivity index (χ4v) is 2.50. The Kier molecular flexibility index (Phi) is 3.52. The normalized spacial score (nSPS) is 19.8. The second-order valence-corrected chi connectivity index (χ2v) is 4.67. The van der Waals surface area contributed by atoms with Crippen molar-refractivity contribution in [2.24, 2.45) is 0 Å². The van der Waals surface area contributed by atoms with Crippen LogP contribution >= 0.6 is 11.6 Å². The molecule has 1 saturated carbocycles. The third-order valence-corrected chi connectivity index (χ3v) is 3.54. The van der Waals surface area contributed by atoms with Crippen LogP contribution in [0.5, 0.6) is 0 Å². The minimum Gasteiger partial charge on any atom is -0.380 e. The van der Waals surface area contributed by atoms with Gasteiger partial charge < -0.3 is 10.3 Å². The molecule has 0 unspecified atom stereocenters. The summed E-state index contributed by atoms with van der Waals surface area (Å²) in [6, 6.07) is 0. The molecule has 2 rings (SSSR count). The Balaban J connectivity index is 2.10. The highest BCUT2D eigenvalue weighted by atomic mass is 35.5. The highest BCUT2D eigenvalue weighted by Crippen LogP contribution is 2.36. The molecule has 0 amide bonds. The molecule has 1 aliphatic rings. The average molecular weight is 229 g/mol. The van der Waals surface area contributed by atoms with E-state index >= 15 is 0 Å². The third-order valence-electron chi connectivity index (χ3n) is 3.16. The summed E-state index contributed by atoms with van der Waals surface area (Å²) in [4.78, 5) is 0. The van der Waals surface area contributed by atoms with Crippen molar-refractivity contribution in [3.63, 3.8) is 0 Å². The summed E-state index contributed by atoms with van der Waals surface area (Å²) >= 11 is 6.05. The van der Waals surface area contributed by atoms with Crippen molar-refractivity contribution >= 4 is 17.4 Å². The van der Waals surface area contributed by atoms with Gasteiger partial charge in [-0.05, 0) is 12.8 Å². The Morgan fingerprint density at radius 1 is 1.13 bits per heavy atom. The number of nitrogens with two attached hydrogens (primary N) is 1. The zero-order valence-electron chi connectivity index (χ0n) is 8.84. The lowest BCUT2D eigenvalue weighted by molar-refractivity contribution is 0.331. The van der Waals surface area contributed by atoms with Crippen molar-refractivity contribution in [2.75, 3.05) is 5.73 Å². The summed E-state index contributed by atoms with van der Waals surface area (Å²) in [6.07, 6.45) is 8.79. The van der Waals surface area contributed by atoms with Crippen LogP contribution in [0.3, 0.4) is 0 Å². The number of nitrogen functional groups attached to an aromatic ring is 1. The number of nitrogens with zero attached hydrogens (tertiary/aromatic N) is 1. The van der Waals surface area contributed by atoms with E-state index in [4.69, 9.17) is 21.9 Å². The van der Waals surface area contributed by atoms with Crippen LogP contribution in [0.25, 0.3) is 0 Å². The molecule has 0 aromatic carbocycles. The molecule has 84 valence electrons. The molecule has 1 aromatic heterocycles. The summed E-state index contributed by atoms with van der Waals surface area (Å²) in [7, 11) is 0. The molecule has 1 aliphatic carbocycles. The summed E-state index contributed by atoms with van der Waals surface area (Å²) < 4.78 is 5.22. The summed E-state index contributed by atoms with van der Waals surface area (Å²) in [5.41, 5.74) is 5.58. The number of aromatic nitrogens is 1. The van der Waals surface area contributed by atoms with E-state index in [0.29, 0.717) is 16.8 Å². The molecule has 1 fully saturated rings. The smallest absolute Gasteiger partial charge is 0.186 e. The van der Waals surface area contributed by atoms with Crippen LogP contribution in [-0.4, -0.2) is 5.16 Å². The second kappa shape index (κ2) is 4.88. The summed E-state index contributed by atoms with van der Waals surface area (Å²) in [6.45, 7) is 0. The molecule has 0 aliphatic heterocycles. The van der Waals surface area contributed by atoms with Crippen LogP contribution < -0.4 is 5.73 Å². The number of anilines is 1. The Labute approximate surface area is 95.0 Å². The van der Waals surface area contributed by atoms with Gasteiger partial charge in [-0.15, -0.1) is 0 Å². The van der Waals surface area contributed by atoms with Crippen molar-refractivity contribution in [1.82, 2.24) is 5.16 Å². The van der Waals surface area contributed by atoms with Gasteiger partial charge in [0, 0.05) is 5.92 Å². The average Bonchev–Trinajstić information content (AvgIpc) is 2.48. The second-order valence-electron chi connectivity index (χ2n) is 4.29. The molecule has 0 radical (unpaired) electrons. The number of halogens is 1. The maximum atomic E-state index is 6.05. The minimum atomic E-state index is 0.328. The van der Waals surface area contributed by atoms with Crippen LogP contribution in [0.4, 0.5) is 5.82 Å². The molecule has 4 heteroatoms. The van der Waals surface area contributed by atoms with E-state index in [0.717, 1.165) is 18.6 Å². The first-order valence-electron chi connectivity index (χ1n) is 5.69. The van der Waals surface area contributed by atoms with Gasteiger partial charge in [-0.1, -0.05) is 48.9 Å². The first kappa shape index (κ1) is 10.8. The number of rotatable bonds is 1. The fraction of sp³-hybridized carbons (Fsp3) is 0.727. The molecule has 0 saturated heterocycles. The van der Waals surface area contributed by atoms with Crippen molar-refractivity contribution in [2.45, 2.75) is 50.9 Å². The number of hydrogen-bond acceptors (Lipinski definition) is 3. The lowest BCUT2D eigenvalue weighted by Gasteiger charge is -2.16. The van der Waals surface area contributed by atoms with E-state index < -0.39 is 0 Å². The molecule has 0 atom stereocenters. The van der Waals surface area contributed by atoms with E-state index in [1.165, 1.54) is 32.1 Å². The monoisotopic (exact) mass is 228 g/mol. The Hall–Kier alpha value is -0.700. The van der Waals surface area contributed by atoms with Crippen molar-refractivity contribution in [1.29, 1.82) is 0 Å². The molecule has 0 bridgehead atoms. The molecule has 1 aromatic rings. The Morgan fingerprint density at radius 3 is 2.27 bits per heavy atom. The first-order chi connectivity index (χ1) is 7.29. The predicted octanol–water partition coefficient (Wildman–Crippen LogP) is 3.74. The van der Waals surface area contributed by atoms with Crippen LogP contribution in [0.1, 0.15) is 56.6 Å². The molecular formula is C11H17ClN2O. The maximum absolute atomic E-state index is 6.05. The van der Waals surface area contributed by atoms with Crippen molar-refractivity contribution < 1.29 is 4.52 Å². The van der Waals surface area contributed by atoms with E-state index in [-0.39, 0.29) is 0 Å². The topological polar surface area (TPSA) is 52.0 Å². The predicted molar refractivity (Wildman–Crippen MR) is 61.0 cm³/mol. The highest BCUT2D eigenvalue weighted by molar-refractivity contribution is 6.33. The van der Waals surface area contributed by atoms with Gasteiger partial charge in [0.2, 0.25) is 0 Å². The van der Waals surface area contributed by atoms with Crippen LogP contribution in [-0.2, 0) is 0 Å². The molecule has 15 heavy (non-hydrogen) atoms. The van der Waals surface area contributed by atoms with Gasteiger partial charge >= 0.3 is 0 Å². The number of hydrogen-bond donors (Lipinski definition) is 1. The van der Waals surface area contributed by atoms with Gasteiger partial charge in [0.1, 0.15) is 5.02 Å². The van der Waals surface area contributed by atoms with Gasteiger partial charge in [0.25, 0.3) is 0 Å². The highest BCUT2D eigenvalue weighted by Gasteiger charge is 2.22.